The fourth-order valence-corrected chi connectivity index (χ4v) is 12.0. The molecule has 32 heteroatoms. The highest BCUT2D eigenvalue weighted by Gasteiger charge is 2.58. The minimum Gasteiger partial charge on any atom is -0.443 e. The fraction of sp³-hybridized carbons (Fsp3) is 0.780. The molecule has 1 amide bonds. The van der Waals surface area contributed by atoms with E-state index in [4.69, 9.17) is 70.9 Å². The first kappa shape index (κ1) is 64.6. The van der Waals surface area contributed by atoms with Crippen molar-refractivity contribution >= 4 is 77.7 Å². The van der Waals surface area contributed by atoms with Gasteiger partial charge in [0.25, 0.3) is 0 Å². The van der Waals surface area contributed by atoms with Crippen molar-refractivity contribution in [2.24, 2.45) is 0 Å². The summed E-state index contributed by atoms with van der Waals surface area (Å²) in [6.07, 6.45) is 2.61. The Kier molecular flexibility index (Phi) is 20.4. The third kappa shape index (κ3) is 14.5. The Bertz CT molecular complexity index is 2940. The van der Waals surface area contributed by atoms with Crippen molar-refractivity contribution in [3.8, 4) is 0 Å². The van der Waals surface area contributed by atoms with Crippen LogP contribution in [0.5, 0.6) is 0 Å². The number of fused-ring (bicyclic) bond motifs is 3. The number of hydrogen-bond donors (Lipinski definition) is 7. The monoisotopic (exact) mass is 1240 g/mol. The van der Waals surface area contributed by atoms with Gasteiger partial charge in [-0.1, -0.05) is 25.7 Å². The van der Waals surface area contributed by atoms with Crippen LogP contribution in [0.2, 0.25) is 10.6 Å². The maximum absolute atomic E-state index is 13.6. The normalized spacial score (nSPS) is 26.7. The number of rotatable bonds is 22. The van der Waals surface area contributed by atoms with Crippen LogP contribution in [0.1, 0.15) is 112 Å². The molecule has 0 aromatic carbocycles. The lowest BCUT2D eigenvalue weighted by Crippen LogP contribution is -2.43. The van der Waals surface area contributed by atoms with E-state index in [1.165, 1.54) is 10.9 Å². The molecule has 2 saturated carbocycles. The SMILES string of the molecule is CC(C)(C)OC(=O)N(c1nc(Cl)nc2c1cnn2[C@@H]1O[C@H](COC(C)(COCCO)P(C)(C)=O)[C@H]2OC(C)(C)O[C@H]21)C1CCCC1.CC(COCCO)(OC[C@H]1O[C@@H](n2ncc3c(NC4CCCC4)nc(Cl)nc32)[C@H](O)[C@@H]1O)P(=O)(O)O. The van der Waals surface area contributed by atoms with Gasteiger partial charge < -0.3 is 82.7 Å². The van der Waals surface area contributed by atoms with E-state index in [2.05, 4.69) is 35.5 Å². The number of amides is 1. The topological polar surface area (TPSA) is 358 Å². The third-order valence-corrected chi connectivity index (χ3v) is 19.4. The molecule has 7 heterocycles. The molecular formula is C50H78Cl2N10O18P2. The van der Waals surface area contributed by atoms with E-state index < -0.39 is 105 Å². The summed E-state index contributed by atoms with van der Waals surface area (Å²) in [6, 6.07) is 0.140. The Morgan fingerprint density at radius 3 is 1.88 bits per heavy atom. The van der Waals surface area contributed by atoms with Crippen molar-refractivity contribution in [2.75, 3.05) is 76.4 Å². The van der Waals surface area contributed by atoms with Gasteiger partial charge in [-0.2, -0.15) is 30.1 Å². The molecule has 7 N–H and O–H groups in total. The van der Waals surface area contributed by atoms with E-state index in [1.54, 1.807) is 36.0 Å². The molecule has 5 aliphatic rings. The van der Waals surface area contributed by atoms with Gasteiger partial charge in [0.05, 0.1) is 76.0 Å². The van der Waals surface area contributed by atoms with Gasteiger partial charge in [-0.3, -0.25) is 9.46 Å². The molecule has 28 nitrogen and oxygen atoms in total. The summed E-state index contributed by atoms with van der Waals surface area (Å²) in [7, 11) is -7.66. The van der Waals surface area contributed by atoms with E-state index in [-0.39, 0.29) is 67.9 Å². The molecule has 3 saturated heterocycles. The summed E-state index contributed by atoms with van der Waals surface area (Å²) in [5.74, 6) is -0.0950. The van der Waals surface area contributed by atoms with Gasteiger partial charge in [-0.25, -0.2) is 14.2 Å². The first-order chi connectivity index (χ1) is 38.5. The van der Waals surface area contributed by atoms with Gasteiger partial charge in [-0.15, -0.1) is 0 Å². The van der Waals surface area contributed by atoms with Crippen LogP contribution in [0.4, 0.5) is 16.4 Å². The largest absolute Gasteiger partial charge is 0.443 e. The zero-order valence-electron chi connectivity index (χ0n) is 47.5. The number of nitrogens with one attached hydrogen (secondary N) is 1. The highest BCUT2D eigenvalue weighted by atomic mass is 35.5. The van der Waals surface area contributed by atoms with E-state index in [0.717, 1.165) is 58.3 Å². The summed E-state index contributed by atoms with van der Waals surface area (Å²) >= 11 is 12.7. The smallest absolute Gasteiger partial charge is 0.416 e. The lowest BCUT2D eigenvalue weighted by atomic mass is 10.1. The van der Waals surface area contributed by atoms with Crippen LogP contribution in [0, 0.1) is 0 Å². The van der Waals surface area contributed by atoms with Crippen LogP contribution < -0.4 is 10.2 Å². The van der Waals surface area contributed by atoms with Crippen molar-refractivity contribution in [2.45, 2.75) is 183 Å². The molecule has 0 radical (unpaired) electrons. The van der Waals surface area contributed by atoms with Crippen molar-refractivity contribution in [1.82, 2.24) is 39.5 Å². The summed E-state index contributed by atoms with van der Waals surface area (Å²) in [5, 5.41) is 49.4. The number of hydrogen-bond acceptors (Lipinski definition) is 23. The Balaban J connectivity index is 0.000000221. The number of carbonyl (C=O) groups is 1. The number of aliphatic hydroxyl groups excluding tert-OH is 4. The van der Waals surface area contributed by atoms with E-state index in [9.17, 15) is 39.0 Å². The Labute approximate surface area is 484 Å². The van der Waals surface area contributed by atoms with Crippen LogP contribution >= 0.6 is 37.9 Å². The highest BCUT2D eigenvalue weighted by Crippen LogP contribution is 2.54. The van der Waals surface area contributed by atoms with Gasteiger partial charge >= 0.3 is 13.7 Å². The first-order valence-electron chi connectivity index (χ1n) is 27.4. The number of carbonyl (C=O) groups excluding carboxylic acids is 1. The molecule has 4 aromatic rings. The van der Waals surface area contributed by atoms with Gasteiger partial charge in [0.15, 0.2) is 40.7 Å². The lowest BCUT2D eigenvalue weighted by molar-refractivity contribution is -0.206. The number of anilines is 2. The van der Waals surface area contributed by atoms with Crippen LogP contribution in [-0.4, -0.2) is 213 Å². The number of nitrogens with zero attached hydrogens (tertiary/aromatic N) is 9. The van der Waals surface area contributed by atoms with Gasteiger partial charge in [0.1, 0.15) is 60.5 Å². The molecule has 82 heavy (non-hydrogen) atoms. The average molecular weight is 1240 g/mol. The molecular weight excluding hydrogens is 1160 g/mol. The fourth-order valence-electron chi connectivity index (χ4n) is 10.4. The summed E-state index contributed by atoms with van der Waals surface area (Å²) < 4.78 is 81.2. The van der Waals surface area contributed by atoms with Gasteiger partial charge in [0.2, 0.25) is 10.6 Å². The first-order valence-corrected chi connectivity index (χ1v) is 32.3. The van der Waals surface area contributed by atoms with Crippen molar-refractivity contribution in [3.63, 3.8) is 0 Å². The second-order valence-electron chi connectivity index (χ2n) is 23.3. The molecule has 10 atom stereocenters. The van der Waals surface area contributed by atoms with Crippen molar-refractivity contribution in [3.05, 3.63) is 23.0 Å². The van der Waals surface area contributed by atoms with Crippen molar-refractivity contribution in [1.29, 1.82) is 0 Å². The number of ether oxygens (including phenoxy) is 9. The molecule has 460 valence electrons. The second kappa shape index (κ2) is 25.9. The van der Waals surface area contributed by atoms with E-state index in [1.807, 2.05) is 34.6 Å². The Morgan fingerprint density at radius 1 is 0.756 bits per heavy atom. The zero-order valence-corrected chi connectivity index (χ0v) is 50.8. The zero-order chi connectivity index (χ0) is 59.7. The van der Waals surface area contributed by atoms with E-state index in [0.29, 0.717) is 28.1 Å². The quantitative estimate of drug-likeness (QED) is 0.0297. The number of aliphatic hydroxyl groups is 4. The third-order valence-electron chi connectivity index (χ3n) is 15.1. The van der Waals surface area contributed by atoms with Gasteiger partial charge in [0, 0.05) is 12.1 Å². The standard InChI is InChI=1S/C30H47ClN5O9P.C20H31ClN5O9P/c1-28(2,3)45-27(38)35(18-11-9-10-12-18)23-19-15-32-36(24(19)34-26(31)33-23)25-22-21(43-29(4,5)44-22)20(42-25)16-41-30(6,46(7,8)39)17-40-14-13-37;1-20(36(30,31)32,10-33-7-6-27)34-9-13-14(28)15(29)18(35-13)26-17-12(8-22-26)16(24-19(21)25-17)23-11-4-2-3-5-11/h15,18,20-22,25,37H,9-14,16-17H2,1-8H3;8,11,13-15,18,27-29H,2-7,9-10H2,1H3,(H,23,24,25)(H2,30,31,32)/t20-,21-,22-,25-,30?;13-,14-,15-,18-,20?/m11/s1. The molecule has 0 bridgehead atoms. The molecule has 9 rings (SSSR count). The Morgan fingerprint density at radius 2 is 1.28 bits per heavy atom. The van der Waals surface area contributed by atoms with Crippen molar-refractivity contribution < 1.29 is 86.8 Å². The second-order valence-corrected chi connectivity index (χ2v) is 29.7. The van der Waals surface area contributed by atoms with Crippen LogP contribution in [-0.2, 0) is 51.8 Å². The minimum atomic E-state index is -4.82. The predicted molar refractivity (Wildman–Crippen MR) is 297 cm³/mol. The summed E-state index contributed by atoms with van der Waals surface area (Å²) in [4.78, 5) is 52.2. The predicted octanol–water partition coefficient (Wildman–Crippen LogP) is 5.32. The minimum absolute atomic E-state index is 0.0239. The maximum Gasteiger partial charge on any atom is 0.416 e. The van der Waals surface area contributed by atoms with Crippen LogP contribution in [0.25, 0.3) is 22.1 Å². The van der Waals surface area contributed by atoms with E-state index >= 15 is 0 Å². The highest BCUT2D eigenvalue weighted by molar-refractivity contribution is 7.63. The maximum atomic E-state index is 13.6. The molecule has 2 unspecified atom stereocenters. The molecule has 5 fully saturated rings. The lowest BCUT2D eigenvalue weighted by Gasteiger charge is -2.35. The van der Waals surface area contributed by atoms with Gasteiger partial charge in [-0.05, 0) is 111 Å². The molecule has 4 aromatic heterocycles. The Hall–Kier alpha value is -3.35. The van der Waals surface area contributed by atoms with Crippen LogP contribution in [0.3, 0.4) is 0 Å². The molecule has 2 aliphatic carbocycles. The molecule has 3 aliphatic heterocycles. The summed E-state index contributed by atoms with van der Waals surface area (Å²) in [5.41, 5.74) is -0.0748. The molecule has 0 spiro atoms. The number of halogens is 2. The number of aromatic nitrogens is 8. The summed E-state index contributed by atoms with van der Waals surface area (Å²) in [6.45, 7) is 13.8. The average Bonchev–Trinajstić information content (AvgIpc) is 4.15. The van der Waals surface area contributed by atoms with Crippen LogP contribution in [0.15, 0.2) is 12.4 Å².